The summed E-state index contributed by atoms with van der Waals surface area (Å²) in [4.78, 5) is 28.3. The van der Waals surface area contributed by atoms with Crippen molar-refractivity contribution < 1.29 is 22.7 Å². The van der Waals surface area contributed by atoms with E-state index in [0.29, 0.717) is 11.4 Å². The van der Waals surface area contributed by atoms with Crippen LogP contribution in [0.25, 0.3) is 0 Å². The lowest BCUT2D eigenvalue weighted by Gasteiger charge is -2.33. The Hall–Kier alpha value is -3.37. The van der Waals surface area contributed by atoms with Crippen molar-refractivity contribution in [1.82, 2.24) is 10.2 Å². The van der Waals surface area contributed by atoms with Gasteiger partial charge in [0.25, 0.3) is 0 Å². The molecule has 0 fully saturated rings. The fraction of sp³-hybridized carbons (Fsp3) is 0.259. The molecule has 8 nitrogen and oxygen atoms in total. The van der Waals surface area contributed by atoms with Gasteiger partial charge in [-0.1, -0.05) is 58.4 Å². The average molecular weight is 589 g/mol. The van der Waals surface area contributed by atoms with Crippen molar-refractivity contribution in [2.75, 3.05) is 31.3 Å². The van der Waals surface area contributed by atoms with Crippen molar-refractivity contribution in [1.29, 1.82) is 0 Å². The van der Waals surface area contributed by atoms with E-state index in [4.69, 9.17) is 4.74 Å². The molecule has 3 aromatic rings. The maximum atomic E-state index is 13.8. The number of hydrogen-bond donors (Lipinski definition) is 1. The van der Waals surface area contributed by atoms with E-state index in [1.807, 2.05) is 54.6 Å². The normalized spacial score (nSPS) is 11.9. The van der Waals surface area contributed by atoms with Crippen molar-refractivity contribution >= 4 is 43.5 Å². The average Bonchev–Trinajstić information content (AvgIpc) is 2.89. The highest BCUT2D eigenvalue weighted by atomic mass is 79.9. The molecule has 37 heavy (non-hydrogen) atoms. The summed E-state index contributed by atoms with van der Waals surface area (Å²) >= 11 is 3.41. The number of carbonyl (C=O) groups excluding carboxylic acids is 2. The summed E-state index contributed by atoms with van der Waals surface area (Å²) in [5, 5.41) is 2.66. The van der Waals surface area contributed by atoms with E-state index in [1.165, 1.54) is 19.1 Å². The molecule has 0 aliphatic heterocycles. The molecule has 10 heteroatoms. The van der Waals surface area contributed by atoms with Gasteiger partial charge < -0.3 is 15.0 Å². The van der Waals surface area contributed by atoms with E-state index in [9.17, 15) is 18.0 Å². The minimum Gasteiger partial charge on any atom is -0.497 e. The van der Waals surface area contributed by atoms with E-state index in [1.54, 1.807) is 24.3 Å². The molecule has 196 valence electrons. The maximum Gasteiger partial charge on any atom is 0.244 e. The number of anilines is 1. The first kappa shape index (κ1) is 28.2. The molecule has 0 spiro atoms. The predicted molar refractivity (Wildman–Crippen MR) is 148 cm³/mol. The Kier molecular flexibility index (Phi) is 9.71. The molecule has 1 N–H and O–H groups in total. The molecule has 0 heterocycles. The SMILES string of the molecule is CNC(=O)C(Cc1ccccc1)N(Cc1ccc(Br)cc1)C(=O)CN(c1ccc(OC)cc1)S(C)(=O)=O. The van der Waals surface area contributed by atoms with Crippen LogP contribution in [0.15, 0.2) is 83.3 Å². The number of rotatable bonds is 11. The molecule has 0 saturated heterocycles. The van der Waals surface area contributed by atoms with Gasteiger partial charge >= 0.3 is 0 Å². The molecule has 2 amide bonds. The van der Waals surface area contributed by atoms with Gasteiger partial charge in [-0.2, -0.15) is 0 Å². The zero-order valence-electron chi connectivity index (χ0n) is 20.9. The molecule has 3 aromatic carbocycles. The largest absolute Gasteiger partial charge is 0.497 e. The first-order valence-corrected chi connectivity index (χ1v) is 14.2. The number of methoxy groups -OCH3 is 1. The van der Waals surface area contributed by atoms with Crippen LogP contribution in [0, 0.1) is 0 Å². The molecular formula is C27H30BrN3O5S. The third kappa shape index (κ3) is 7.80. The number of ether oxygens (including phenoxy) is 1. The highest BCUT2D eigenvalue weighted by Gasteiger charge is 2.32. The molecule has 0 bridgehead atoms. The molecule has 0 aliphatic carbocycles. The molecule has 3 rings (SSSR count). The van der Waals surface area contributed by atoms with Gasteiger partial charge in [0.1, 0.15) is 18.3 Å². The first-order valence-electron chi connectivity index (χ1n) is 11.5. The Bertz CT molecular complexity index is 1300. The Morgan fingerprint density at radius 3 is 2.11 bits per heavy atom. The summed E-state index contributed by atoms with van der Waals surface area (Å²) in [6.45, 7) is -0.346. The monoisotopic (exact) mass is 587 g/mol. The Morgan fingerprint density at radius 1 is 0.946 bits per heavy atom. The first-order chi connectivity index (χ1) is 17.6. The Labute approximate surface area is 226 Å². The van der Waals surface area contributed by atoms with Crippen LogP contribution >= 0.6 is 15.9 Å². The summed E-state index contributed by atoms with van der Waals surface area (Å²) in [7, 11) is -0.788. The van der Waals surface area contributed by atoms with Gasteiger partial charge in [-0.15, -0.1) is 0 Å². The highest BCUT2D eigenvalue weighted by Crippen LogP contribution is 2.23. The number of sulfonamides is 1. The molecule has 0 aromatic heterocycles. The third-order valence-corrected chi connectivity index (χ3v) is 7.49. The summed E-state index contributed by atoms with van der Waals surface area (Å²) in [6.07, 6.45) is 1.31. The number of amides is 2. The van der Waals surface area contributed by atoms with Gasteiger partial charge in [0.2, 0.25) is 21.8 Å². The van der Waals surface area contributed by atoms with E-state index >= 15 is 0 Å². The van der Waals surface area contributed by atoms with Crippen molar-refractivity contribution in [3.63, 3.8) is 0 Å². The van der Waals surface area contributed by atoms with Crippen LogP contribution in [0.4, 0.5) is 5.69 Å². The van der Waals surface area contributed by atoms with Crippen LogP contribution in [0.3, 0.4) is 0 Å². The maximum absolute atomic E-state index is 13.8. The number of nitrogens with one attached hydrogen (secondary N) is 1. The van der Waals surface area contributed by atoms with Crippen LogP contribution in [0.5, 0.6) is 5.75 Å². The second-order valence-corrected chi connectivity index (χ2v) is 11.3. The second-order valence-electron chi connectivity index (χ2n) is 8.44. The van der Waals surface area contributed by atoms with E-state index < -0.39 is 28.5 Å². The van der Waals surface area contributed by atoms with Crippen molar-refractivity contribution in [2.24, 2.45) is 0 Å². The number of halogens is 1. The van der Waals surface area contributed by atoms with Crippen molar-refractivity contribution in [3.05, 3.63) is 94.5 Å². The summed E-state index contributed by atoms with van der Waals surface area (Å²) in [5.74, 6) is -0.290. The molecule has 1 unspecified atom stereocenters. The van der Waals surface area contributed by atoms with E-state index in [-0.39, 0.29) is 18.9 Å². The van der Waals surface area contributed by atoms with Crippen LogP contribution in [0.2, 0.25) is 0 Å². The standard InChI is InChI=1S/C27H30BrN3O5S/c1-29-27(33)25(17-20-7-5-4-6-8-20)30(18-21-9-11-22(28)12-10-21)26(32)19-31(37(3,34)35)23-13-15-24(36-2)16-14-23/h4-16,25H,17-19H2,1-3H3,(H,29,33). The third-order valence-electron chi connectivity index (χ3n) is 5.82. The van der Waals surface area contributed by atoms with Gasteiger partial charge in [-0.05, 0) is 47.5 Å². The summed E-state index contributed by atoms with van der Waals surface area (Å²) in [5.41, 5.74) is 1.99. The zero-order valence-corrected chi connectivity index (χ0v) is 23.3. The van der Waals surface area contributed by atoms with Crippen LogP contribution < -0.4 is 14.4 Å². The Morgan fingerprint density at radius 2 is 1.57 bits per heavy atom. The molecule has 0 radical (unpaired) electrons. The lowest BCUT2D eigenvalue weighted by molar-refractivity contribution is -0.139. The van der Waals surface area contributed by atoms with E-state index in [2.05, 4.69) is 21.2 Å². The van der Waals surface area contributed by atoms with Gasteiger partial charge in [0.15, 0.2) is 0 Å². The topological polar surface area (TPSA) is 96.0 Å². The van der Waals surface area contributed by atoms with Crippen LogP contribution in [-0.2, 0) is 32.6 Å². The minimum absolute atomic E-state index is 0.122. The highest BCUT2D eigenvalue weighted by molar-refractivity contribution is 9.10. The lowest BCUT2D eigenvalue weighted by Crippen LogP contribution is -2.52. The number of benzene rings is 3. The minimum atomic E-state index is -3.82. The van der Waals surface area contributed by atoms with Crippen molar-refractivity contribution in [3.8, 4) is 5.75 Å². The van der Waals surface area contributed by atoms with Gasteiger partial charge in [-0.25, -0.2) is 8.42 Å². The molecule has 0 aliphatic rings. The zero-order chi connectivity index (χ0) is 27.0. The Balaban J connectivity index is 2.00. The molecular weight excluding hydrogens is 558 g/mol. The molecule has 0 saturated carbocycles. The van der Waals surface area contributed by atoms with Gasteiger partial charge in [0.05, 0.1) is 19.1 Å². The second kappa shape index (κ2) is 12.7. The summed E-state index contributed by atoms with van der Waals surface area (Å²) < 4.78 is 32.5. The number of carbonyl (C=O) groups is 2. The van der Waals surface area contributed by atoms with Gasteiger partial charge in [0, 0.05) is 24.5 Å². The molecule has 1 atom stereocenters. The fourth-order valence-corrected chi connectivity index (χ4v) is 4.98. The van der Waals surface area contributed by atoms with Crippen LogP contribution in [0.1, 0.15) is 11.1 Å². The number of hydrogen-bond acceptors (Lipinski definition) is 5. The van der Waals surface area contributed by atoms with Crippen molar-refractivity contribution in [2.45, 2.75) is 19.0 Å². The lowest BCUT2D eigenvalue weighted by atomic mass is 10.0. The quantitative estimate of drug-likeness (QED) is 0.370. The summed E-state index contributed by atoms with van der Waals surface area (Å²) in [6, 6.07) is 22.3. The number of likely N-dealkylation sites (N-methyl/N-ethyl adjacent to an activating group) is 1. The fourth-order valence-electron chi connectivity index (χ4n) is 3.87. The predicted octanol–water partition coefficient (Wildman–Crippen LogP) is 3.61. The van der Waals surface area contributed by atoms with Crippen LogP contribution in [-0.4, -0.2) is 58.1 Å². The smallest absolute Gasteiger partial charge is 0.244 e. The number of nitrogens with zero attached hydrogens (tertiary/aromatic N) is 2. The van der Waals surface area contributed by atoms with E-state index in [0.717, 1.165) is 26.2 Å². The van der Waals surface area contributed by atoms with Gasteiger partial charge in [-0.3, -0.25) is 13.9 Å².